The van der Waals surface area contributed by atoms with Gasteiger partial charge in [0.2, 0.25) is 0 Å². The van der Waals surface area contributed by atoms with E-state index >= 15 is 0 Å². The van der Waals surface area contributed by atoms with E-state index < -0.39 is 18.0 Å². The molecule has 6 nitrogen and oxygen atoms in total. The van der Waals surface area contributed by atoms with E-state index in [0.29, 0.717) is 32.4 Å². The first-order valence-electron chi connectivity index (χ1n) is 6.93. The summed E-state index contributed by atoms with van der Waals surface area (Å²) in [6.07, 6.45) is 1.63. The third-order valence-corrected chi connectivity index (χ3v) is 2.99. The molecule has 0 fully saturated rings. The van der Waals surface area contributed by atoms with Gasteiger partial charge in [-0.05, 0) is 24.8 Å². The molecule has 0 aliphatic carbocycles. The van der Waals surface area contributed by atoms with Crippen molar-refractivity contribution in [3.05, 3.63) is 35.9 Å². The van der Waals surface area contributed by atoms with Crippen LogP contribution in [0.25, 0.3) is 0 Å². The Balaban J connectivity index is 2.28. The van der Waals surface area contributed by atoms with Gasteiger partial charge in [0.15, 0.2) is 0 Å². The number of carbonyl (C=O) groups is 2. The summed E-state index contributed by atoms with van der Waals surface area (Å²) < 4.78 is 4.87. The fourth-order valence-corrected chi connectivity index (χ4v) is 1.86. The lowest BCUT2D eigenvalue weighted by atomic mass is 10.1. The summed E-state index contributed by atoms with van der Waals surface area (Å²) in [4.78, 5) is 22.7. The molecule has 1 unspecified atom stereocenters. The number of carboxylic acid groups (broad SMARTS) is 1. The SMILES string of the molecule is COCCCC(NC(=O)NCCc1ccccc1)C(=O)O. The van der Waals surface area contributed by atoms with Crippen molar-refractivity contribution in [3.63, 3.8) is 0 Å². The largest absolute Gasteiger partial charge is 0.480 e. The van der Waals surface area contributed by atoms with E-state index in [1.54, 1.807) is 7.11 Å². The highest BCUT2D eigenvalue weighted by Gasteiger charge is 2.18. The number of nitrogens with one attached hydrogen (secondary N) is 2. The van der Waals surface area contributed by atoms with Crippen LogP contribution < -0.4 is 10.6 Å². The average Bonchev–Trinajstić information content (AvgIpc) is 2.47. The molecule has 0 heterocycles. The predicted octanol–water partition coefficient (Wildman–Crippen LogP) is 1.41. The molecule has 6 heteroatoms. The molecular formula is C15H22N2O4. The Hall–Kier alpha value is -2.08. The van der Waals surface area contributed by atoms with Gasteiger partial charge in [0.1, 0.15) is 6.04 Å². The number of benzene rings is 1. The van der Waals surface area contributed by atoms with Gasteiger partial charge in [-0.1, -0.05) is 30.3 Å². The summed E-state index contributed by atoms with van der Waals surface area (Å²) in [5.41, 5.74) is 1.12. The number of urea groups is 1. The molecule has 0 saturated carbocycles. The van der Waals surface area contributed by atoms with Gasteiger partial charge in [-0.3, -0.25) is 0 Å². The number of carbonyl (C=O) groups excluding carboxylic acids is 1. The number of aliphatic carboxylic acids is 1. The molecule has 116 valence electrons. The highest BCUT2D eigenvalue weighted by molar-refractivity contribution is 5.82. The molecule has 0 aliphatic rings. The van der Waals surface area contributed by atoms with Crippen LogP contribution >= 0.6 is 0 Å². The summed E-state index contributed by atoms with van der Waals surface area (Å²) in [6.45, 7) is 0.932. The van der Waals surface area contributed by atoms with Crippen molar-refractivity contribution in [2.45, 2.75) is 25.3 Å². The van der Waals surface area contributed by atoms with Crippen LogP contribution in [0, 0.1) is 0 Å². The first-order valence-corrected chi connectivity index (χ1v) is 6.93. The van der Waals surface area contributed by atoms with Gasteiger partial charge >= 0.3 is 12.0 Å². The maximum absolute atomic E-state index is 11.7. The van der Waals surface area contributed by atoms with Gasteiger partial charge in [-0.2, -0.15) is 0 Å². The molecule has 0 saturated heterocycles. The van der Waals surface area contributed by atoms with Crippen LogP contribution in [0.3, 0.4) is 0 Å². The molecule has 2 amide bonds. The lowest BCUT2D eigenvalue weighted by Crippen LogP contribution is -2.46. The molecule has 21 heavy (non-hydrogen) atoms. The molecule has 0 aromatic heterocycles. The molecule has 0 radical (unpaired) electrons. The lowest BCUT2D eigenvalue weighted by molar-refractivity contribution is -0.139. The second kappa shape index (κ2) is 9.77. The second-order valence-corrected chi connectivity index (χ2v) is 4.66. The molecule has 0 spiro atoms. The maximum Gasteiger partial charge on any atom is 0.326 e. The highest BCUT2D eigenvalue weighted by Crippen LogP contribution is 1.99. The maximum atomic E-state index is 11.7. The summed E-state index contributed by atoms with van der Waals surface area (Å²) in [7, 11) is 1.56. The van der Waals surface area contributed by atoms with Crippen molar-refractivity contribution in [1.29, 1.82) is 0 Å². The Morgan fingerprint density at radius 1 is 1.29 bits per heavy atom. The van der Waals surface area contributed by atoms with Crippen LogP contribution in [0.1, 0.15) is 18.4 Å². The summed E-state index contributed by atoms with van der Waals surface area (Å²) in [6, 6.07) is 8.40. The Morgan fingerprint density at radius 3 is 2.62 bits per heavy atom. The van der Waals surface area contributed by atoms with Crippen LogP contribution in [0.15, 0.2) is 30.3 Å². The smallest absolute Gasteiger partial charge is 0.326 e. The molecule has 0 aliphatic heterocycles. The standard InChI is InChI=1S/C15H22N2O4/c1-21-11-5-8-13(14(18)19)17-15(20)16-10-9-12-6-3-2-4-7-12/h2-4,6-7,13H,5,8-11H2,1H3,(H,18,19)(H2,16,17,20). The minimum atomic E-state index is -1.04. The fraction of sp³-hybridized carbons (Fsp3) is 0.467. The minimum Gasteiger partial charge on any atom is -0.480 e. The Morgan fingerprint density at radius 2 is 2.00 bits per heavy atom. The minimum absolute atomic E-state index is 0.343. The zero-order valence-electron chi connectivity index (χ0n) is 12.2. The number of hydrogen-bond donors (Lipinski definition) is 3. The molecule has 0 bridgehead atoms. The van der Waals surface area contributed by atoms with Crippen LogP contribution in [0.5, 0.6) is 0 Å². The number of ether oxygens (including phenoxy) is 1. The lowest BCUT2D eigenvalue weighted by Gasteiger charge is -2.15. The van der Waals surface area contributed by atoms with Crippen molar-refractivity contribution in [2.24, 2.45) is 0 Å². The number of methoxy groups -OCH3 is 1. The van der Waals surface area contributed by atoms with E-state index in [9.17, 15) is 9.59 Å². The molecule has 1 aromatic carbocycles. The van der Waals surface area contributed by atoms with E-state index in [4.69, 9.17) is 9.84 Å². The highest BCUT2D eigenvalue weighted by atomic mass is 16.5. The second-order valence-electron chi connectivity index (χ2n) is 4.66. The number of carboxylic acids is 1. The summed E-state index contributed by atoms with van der Waals surface area (Å²) >= 11 is 0. The van der Waals surface area contributed by atoms with Crippen molar-refractivity contribution < 1.29 is 19.4 Å². The predicted molar refractivity (Wildman–Crippen MR) is 79.2 cm³/mol. The van der Waals surface area contributed by atoms with Gasteiger partial charge < -0.3 is 20.5 Å². The van der Waals surface area contributed by atoms with E-state index in [0.717, 1.165) is 5.56 Å². The topological polar surface area (TPSA) is 87.7 Å². The summed E-state index contributed by atoms with van der Waals surface area (Å²) in [5.74, 6) is -1.04. The monoisotopic (exact) mass is 294 g/mol. The Kier molecular flexibility index (Phi) is 7.89. The molecule has 1 aromatic rings. The Labute approximate surface area is 124 Å². The average molecular weight is 294 g/mol. The summed E-state index contributed by atoms with van der Waals surface area (Å²) in [5, 5.41) is 14.2. The van der Waals surface area contributed by atoms with E-state index in [-0.39, 0.29) is 0 Å². The number of hydrogen-bond acceptors (Lipinski definition) is 3. The van der Waals surface area contributed by atoms with Crippen molar-refractivity contribution in [3.8, 4) is 0 Å². The van der Waals surface area contributed by atoms with Gasteiger partial charge in [0.25, 0.3) is 0 Å². The van der Waals surface area contributed by atoms with Crippen LogP contribution in [0.4, 0.5) is 4.79 Å². The third kappa shape index (κ3) is 7.31. The Bertz CT molecular complexity index is 437. The van der Waals surface area contributed by atoms with Gasteiger partial charge in [0, 0.05) is 20.3 Å². The van der Waals surface area contributed by atoms with Crippen molar-refractivity contribution in [1.82, 2.24) is 10.6 Å². The molecular weight excluding hydrogens is 272 g/mol. The zero-order chi connectivity index (χ0) is 15.5. The van der Waals surface area contributed by atoms with Crippen LogP contribution in [-0.2, 0) is 16.0 Å². The van der Waals surface area contributed by atoms with Crippen molar-refractivity contribution >= 4 is 12.0 Å². The number of rotatable bonds is 9. The quantitative estimate of drug-likeness (QED) is 0.601. The molecule has 1 atom stereocenters. The van der Waals surface area contributed by atoms with Crippen molar-refractivity contribution in [2.75, 3.05) is 20.3 Å². The molecule has 1 rings (SSSR count). The number of amides is 2. The van der Waals surface area contributed by atoms with Gasteiger partial charge in [0.05, 0.1) is 0 Å². The normalized spacial score (nSPS) is 11.7. The van der Waals surface area contributed by atoms with Crippen LogP contribution in [-0.4, -0.2) is 43.4 Å². The third-order valence-electron chi connectivity index (χ3n) is 2.99. The van der Waals surface area contributed by atoms with Gasteiger partial charge in [-0.15, -0.1) is 0 Å². The van der Waals surface area contributed by atoms with E-state index in [1.807, 2.05) is 30.3 Å². The van der Waals surface area contributed by atoms with E-state index in [1.165, 1.54) is 0 Å². The van der Waals surface area contributed by atoms with E-state index in [2.05, 4.69) is 10.6 Å². The first-order chi connectivity index (χ1) is 10.1. The zero-order valence-corrected chi connectivity index (χ0v) is 12.2. The van der Waals surface area contributed by atoms with Crippen LogP contribution in [0.2, 0.25) is 0 Å². The molecule has 3 N–H and O–H groups in total. The fourth-order valence-electron chi connectivity index (χ4n) is 1.86. The van der Waals surface area contributed by atoms with Gasteiger partial charge in [-0.25, -0.2) is 9.59 Å². The first kappa shape index (κ1) is 17.0.